The van der Waals surface area contributed by atoms with Gasteiger partial charge in [-0.2, -0.15) is 5.10 Å². The van der Waals surface area contributed by atoms with Crippen molar-refractivity contribution in [1.29, 1.82) is 0 Å². The number of aromatic nitrogens is 2. The molecular weight excluding hydrogens is 322 g/mol. The number of anilines is 1. The molecule has 0 bridgehead atoms. The van der Waals surface area contributed by atoms with Crippen molar-refractivity contribution < 1.29 is 4.79 Å². The van der Waals surface area contributed by atoms with Crippen molar-refractivity contribution in [1.82, 2.24) is 9.78 Å². The normalized spacial score (nSPS) is 10.7. The van der Waals surface area contributed by atoms with Crippen LogP contribution >= 0.6 is 11.6 Å². The van der Waals surface area contributed by atoms with E-state index in [-0.39, 0.29) is 5.91 Å². The maximum absolute atomic E-state index is 12.4. The van der Waals surface area contributed by atoms with Gasteiger partial charge in [-0.1, -0.05) is 17.7 Å². The molecule has 0 saturated heterocycles. The number of carbonyl (C=O) groups excluding carboxylic acids is 1. The van der Waals surface area contributed by atoms with Crippen molar-refractivity contribution in [3.63, 3.8) is 0 Å². The van der Waals surface area contributed by atoms with Gasteiger partial charge in [0, 0.05) is 22.0 Å². The lowest BCUT2D eigenvalue weighted by molar-refractivity contribution is 0.102. The molecule has 0 radical (unpaired) electrons. The SMILES string of the molecule is Cc1cc(C)n(-c2ccc(C(=O)Nc3cc(Cl)ccc3C)cc2)n1. The smallest absolute Gasteiger partial charge is 0.255 e. The molecule has 0 unspecified atom stereocenters. The summed E-state index contributed by atoms with van der Waals surface area (Å²) >= 11 is 5.99. The Bertz CT molecular complexity index is 897. The fourth-order valence-corrected chi connectivity index (χ4v) is 2.74. The van der Waals surface area contributed by atoms with Crippen LogP contribution in [0.4, 0.5) is 5.69 Å². The molecular formula is C19H18ClN3O. The summed E-state index contributed by atoms with van der Waals surface area (Å²) in [5.74, 6) is -0.166. The number of amides is 1. The fraction of sp³-hybridized carbons (Fsp3) is 0.158. The van der Waals surface area contributed by atoms with E-state index in [1.54, 1.807) is 24.3 Å². The second-order valence-corrected chi connectivity index (χ2v) is 6.24. The predicted molar refractivity (Wildman–Crippen MR) is 97.2 cm³/mol. The Kier molecular flexibility index (Phi) is 4.40. The van der Waals surface area contributed by atoms with Crippen LogP contribution in [0.3, 0.4) is 0 Å². The Morgan fingerprint density at radius 1 is 1.04 bits per heavy atom. The first-order valence-corrected chi connectivity index (χ1v) is 8.03. The van der Waals surface area contributed by atoms with Gasteiger partial charge in [-0.15, -0.1) is 0 Å². The summed E-state index contributed by atoms with van der Waals surface area (Å²) in [5, 5.41) is 7.94. The molecule has 1 heterocycles. The van der Waals surface area contributed by atoms with Crippen molar-refractivity contribution in [3.8, 4) is 5.69 Å². The monoisotopic (exact) mass is 339 g/mol. The van der Waals surface area contributed by atoms with Crippen molar-refractivity contribution >= 4 is 23.2 Å². The van der Waals surface area contributed by atoms with E-state index in [1.165, 1.54) is 0 Å². The van der Waals surface area contributed by atoms with E-state index in [0.29, 0.717) is 10.6 Å². The molecule has 0 aliphatic heterocycles. The summed E-state index contributed by atoms with van der Waals surface area (Å²) in [6, 6.07) is 14.8. The maximum atomic E-state index is 12.4. The molecule has 0 aliphatic rings. The van der Waals surface area contributed by atoms with Crippen LogP contribution in [0, 0.1) is 20.8 Å². The van der Waals surface area contributed by atoms with Gasteiger partial charge < -0.3 is 5.32 Å². The minimum atomic E-state index is -0.166. The topological polar surface area (TPSA) is 46.9 Å². The number of rotatable bonds is 3. The number of halogens is 1. The first kappa shape index (κ1) is 16.3. The largest absolute Gasteiger partial charge is 0.322 e. The van der Waals surface area contributed by atoms with Crippen LogP contribution in [-0.4, -0.2) is 15.7 Å². The maximum Gasteiger partial charge on any atom is 0.255 e. The predicted octanol–water partition coefficient (Wildman–Crippen LogP) is 4.70. The molecule has 5 heteroatoms. The van der Waals surface area contributed by atoms with Gasteiger partial charge in [0.1, 0.15) is 0 Å². The lowest BCUT2D eigenvalue weighted by Crippen LogP contribution is -2.13. The molecule has 0 aliphatic carbocycles. The van der Waals surface area contributed by atoms with Crippen molar-refractivity contribution in [2.24, 2.45) is 0 Å². The van der Waals surface area contributed by atoms with Crippen molar-refractivity contribution in [2.75, 3.05) is 5.32 Å². The Morgan fingerprint density at radius 2 is 1.75 bits per heavy atom. The molecule has 3 rings (SSSR count). The van der Waals surface area contributed by atoms with Crippen molar-refractivity contribution in [3.05, 3.63) is 76.1 Å². The third-order valence-corrected chi connectivity index (χ3v) is 4.07. The quantitative estimate of drug-likeness (QED) is 0.751. The lowest BCUT2D eigenvalue weighted by Gasteiger charge is -2.10. The van der Waals surface area contributed by atoms with Gasteiger partial charge >= 0.3 is 0 Å². The van der Waals surface area contributed by atoms with Crippen LogP contribution in [-0.2, 0) is 0 Å². The number of hydrogen-bond acceptors (Lipinski definition) is 2. The highest BCUT2D eigenvalue weighted by Gasteiger charge is 2.10. The van der Waals surface area contributed by atoms with Gasteiger partial charge in [0.05, 0.1) is 11.4 Å². The number of benzene rings is 2. The fourth-order valence-electron chi connectivity index (χ4n) is 2.57. The molecule has 1 amide bonds. The highest BCUT2D eigenvalue weighted by Crippen LogP contribution is 2.21. The van der Waals surface area contributed by atoms with E-state index in [9.17, 15) is 4.79 Å². The molecule has 1 N–H and O–H groups in total. The minimum absolute atomic E-state index is 0.166. The summed E-state index contributed by atoms with van der Waals surface area (Å²) in [5.41, 5.74) is 5.21. The van der Waals surface area contributed by atoms with E-state index in [4.69, 9.17) is 11.6 Å². The Hall–Kier alpha value is -2.59. The van der Waals surface area contributed by atoms with E-state index in [1.807, 2.05) is 49.7 Å². The van der Waals surface area contributed by atoms with Crippen LogP contribution in [0.5, 0.6) is 0 Å². The van der Waals surface area contributed by atoms with Crippen LogP contribution < -0.4 is 5.32 Å². The van der Waals surface area contributed by atoms with Crippen LogP contribution in [0.25, 0.3) is 5.69 Å². The molecule has 0 fully saturated rings. The van der Waals surface area contributed by atoms with Crippen LogP contribution in [0.2, 0.25) is 5.02 Å². The molecule has 0 spiro atoms. The summed E-state index contributed by atoms with van der Waals surface area (Å²) < 4.78 is 1.86. The first-order chi connectivity index (χ1) is 11.4. The third-order valence-electron chi connectivity index (χ3n) is 3.83. The highest BCUT2D eigenvalue weighted by atomic mass is 35.5. The average Bonchev–Trinajstić information content (AvgIpc) is 2.89. The zero-order chi connectivity index (χ0) is 17.3. The van der Waals surface area contributed by atoms with Gasteiger partial charge in [-0.05, 0) is 68.8 Å². The van der Waals surface area contributed by atoms with E-state index in [2.05, 4.69) is 10.4 Å². The zero-order valence-corrected chi connectivity index (χ0v) is 14.6. The van der Waals surface area contributed by atoms with Crippen LogP contribution in [0.1, 0.15) is 27.3 Å². The molecule has 3 aromatic rings. The summed E-state index contributed by atoms with van der Waals surface area (Å²) in [6.07, 6.45) is 0. The second kappa shape index (κ2) is 6.49. The molecule has 122 valence electrons. The molecule has 1 aromatic heterocycles. The zero-order valence-electron chi connectivity index (χ0n) is 13.8. The molecule has 24 heavy (non-hydrogen) atoms. The second-order valence-electron chi connectivity index (χ2n) is 5.80. The molecule has 0 saturated carbocycles. The van der Waals surface area contributed by atoms with Gasteiger partial charge in [0.15, 0.2) is 0 Å². The molecule has 2 aromatic carbocycles. The van der Waals surface area contributed by atoms with Gasteiger partial charge in [-0.25, -0.2) is 4.68 Å². The van der Waals surface area contributed by atoms with Gasteiger partial charge in [0.2, 0.25) is 0 Å². The highest BCUT2D eigenvalue weighted by molar-refractivity contribution is 6.31. The Balaban J connectivity index is 1.81. The number of nitrogens with one attached hydrogen (secondary N) is 1. The van der Waals surface area contributed by atoms with E-state index >= 15 is 0 Å². The Labute approximate surface area is 146 Å². The summed E-state index contributed by atoms with van der Waals surface area (Å²) in [4.78, 5) is 12.4. The molecule has 0 atom stereocenters. The van der Waals surface area contributed by atoms with Gasteiger partial charge in [0.25, 0.3) is 5.91 Å². The first-order valence-electron chi connectivity index (χ1n) is 7.65. The third kappa shape index (κ3) is 3.34. The molecule has 4 nitrogen and oxygen atoms in total. The summed E-state index contributed by atoms with van der Waals surface area (Å²) in [7, 11) is 0. The van der Waals surface area contributed by atoms with E-state index < -0.39 is 0 Å². The number of carbonyl (C=O) groups is 1. The number of hydrogen-bond donors (Lipinski definition) is 1. The standard InChI is InChI=1S/C19H18ClN3O/c1-12-4-7-16(20)11-18(12)21-19(24)15-5-8-17(9-6-15)23-14(3)10-13(2)22-23/h4-11H,1-3H3,(H,21,24). The minimum Gasteiger partial charge on any atom is -0.322 e. The average molecular weight is 340 g/mol. The number of nitrogens with zero attached hydrogens (tertiary/aromatic N) is 2. The van der Waals surface area contributed by atoms with Gasteiger partial charge in [-0.3, -0.25) is 4.79 Å². The van der Waals surface area contributed by atoms with Crippen molar-refractivity contribution in [2.45, 2.75) is 20.8 Å². The number of aryl methyl sites for hydroxylation is 3. The van der Waals surface area contributed by atoms with E-state index in [0.717, 1.165) is 28.3 Å². The lowest BCUT2D eigenvalue weighted by atomic mass is 10.1. The Morgan fingerprint density at radius 3 is 2.38 bits per heavy atom. The summed E-state index contributed by atoms with van der Waals surface area (Å²) in [6.45, 7) is 5.89. The van der Waals surface area contributed by atoms with Crippen LogP contribution in [0.15, 0.2) is 48.5 Å².